The fraction of sp³-hybridized carbons (Fsp3) is 0.438. The third kappa shape index (κ3) is 2.33. The quantitative estimate of drug-likeness (QED) is 0.843. The van der Waals surface area contributed by atoms with Crippen LogP contribution in [0.25, 0.3) is 10.9 Å². The molecule has 0 saturated carbocycles. The van der Waals surface area contributed by atoms with Crippen LogP contribution in [0.4, 0.5) is 0 Å². The van der Waals surface area contributed by atoms with Crippen LogP contribution in [-0.4, -0.2) is 33.4 Å². The predicted molar refractivity (Wildman–Crippen MR) is 81.3 cm³/mol. The van der Waals surface area contributed by atoms with Crippen LogP contribution in [0.5, 0.6) is 0 Å². The fourth-order valence-electron chi connectivity index (χ4n) is 3.06. The zero-order valence-corrected chi connectivity index (χ0v) is 12.6. The van der Waals surface area contributed by atoms with Crippen molar-refractivity contribution in [2.75, 3.05) is 7.05 Å². The van der Waals surface area contributed by atoms with Crippen molar-refractivity contribution in [3.8, 4) is 0 Å². The van der Waals surface area contributed by atoms with Gasteiger partial charge in [0.05, 0.1) is 17.2 Å². The fourth-order valence-corrected chi connectivity index (χ4v) is 3.06. The van der Waals surface area contributed by atoms with Gasteiger partial charge in [-0.2, -0.15) is 0 Å². The average molecular weight is 285 g/mol. The van der Waals surface area contributed by atoms with Crippen molar-refractivity contribution in [1.82, 2.24) is 14.5 Å². The number of aromatic nitrogens is 2. The summed E-state index contributed by atoms with van der Waals surface area (Å²) >= 11 is 0. The van der Waals surface area contributed by atoms with Crippen molar-refractivity contribution < 1.29 is 4.79 Å². The molecule has 1 aromatic carbocycles. The Morgan fingerprint density at radius 1 is 1.29 bits per heavy atom. The smallest absolute Gasteiger partial charge is 0.261 e. The summed E-state index contributed by atoms with van der Waals surface area (Å²) in [6.45, 7) is 4.46. The molecule has 0 aliphatic carbocycles. The Hall–Kier alpha value is -2.17. The third-order valence-electron chi connectivity index (χ3n) is 4.30. The van der Waals surface area contributed by atoms with Gasteiger partial charge in [0.25, 0.3) is 5.56 Å². The molecule has 0 spiro atoms. The average Bonchev–Trinajstić information content (AvgIpc) is 2.74. The van der Waals surface area contributed by atoms with Crippen molar-refractivity contribution in [2.45, 2.75) is 39.3 Å². The van der Waals surface area contributed by atoms with Crippen LogP contribution in [0.15, 0.2) is 23.3 Å². The Bertz CT molecular complexity index is 779. The molecular weight excluding hydrogens is 266 g/mol. The highest BCUT2D eigenvalue weighted by Gasteiger charge is 2.28. The predicted octanol–water partition coefficient (Wildman–Crippen LogP) is 1.63. The van der Waals surface area contributed by atoms with Gasteiger partial charge < -0.3 is 4.90 Å². The molecule has 0 N–H and O–H groups in total. The summed E-state index contributed by atoms with van der Waals surface area (Å²) in [4.78, 5) is 30.4. The highest BCUT2D eigenvalue weighted by molar-refractivity contribution is 5.81. The Kier molecular flexibility index (Phi) is 3.27. The third-order valence-corrected chi connectivity index (χ3v) is 4.30. The topological polar surface area (TPSA) is 55.2 Å². The van der Waals surface area contributed by atoms with Gasteiger partial charge in [0, 0.05) is 26.1 Å². The lowest BCUT2D eigenvalue weighted by Crippen LogP contribution is -2.35. The number of rotatable bonds is 2. The zero-order chi connectivity index (χ0) is 15.1. The highest BCUT2D eigenvalue weighted by atomic mass is 16.2. The van der Waals surface area contributed by atoms with E-state index in [1.54, 1.807) is 22.8 Å². The molecule has 1 aliphatic rings. The molecule has 1 unspecified atom stereocenters. The van der Waals surface area contributed by atoms with Gasteiger partial charge in [0.2, 0.25) is 5.91 Å². The number of nitrogens with zero attached hydrogens (tertiary/aromatic N) is 3. The van der Waals surface area contributed by atoms with Crippen LogP contribution in [0.3, 0.4) is 0 Å². The second-order valence-electron chi connectivity index (χ2n) is 5.88. The SMILES string of the molecule is Cc1cc(C)c2ncn(CC3CCC(=O)N3C)c(=O)c2c1. The molecule has 21 heavy (non-hydrogen) atoms. The van der Waals surface area contributed by atoms with Gasteiger partial charge in [-0.25, -0.2) is 4.98 Å². The van der Waals surface area contributed by atoms with Gasteiger partial charge in [-0.3, -0.25) is 14.2 Å². The maximum Gasteiger partial charge on any atom is 0.261 e. The summed E-state index contributed by atoms with van der Waals surface area (Å²) in [5, 5.41) is 0.655. The van der Waals surface area contributed by atoms with Crippen molar-refractivity contribution in [1.29, 1.82) is 0 Å². The molecular formula is C16H19N3O2. The van der Waals surface area contributed by atoms with Crippen LogP contribution in [0.1, 0.15) is 24.0 Å². The molecule has 1 aliphatic heterocycles. The Balaban J connectivity index is 2.03. The van der Waals surface area contributed by atoms with E-state index in [1.165, 1.54) is 0 Å². The normalized spacial score (nSPS) is 18.7. The van der Waals surface area contributed by atoms with Crippen molar-refractivity contribution >= 4 is 16.8 Å². The number of fused-ring (bicyclic) bond motifs is 1. The van der Waals surface area contributed by atoms with E-state index in [4.69, 9.17) is 0 Å². The first-order valence-electron chi connectivity index (χ1n) is 7.19. The number of amides is 1. The molecule has 3 rings (SSSR count). The van der Waals surface area contributed by atoms with Crippen LogP contribution < -0.4 is 5.56 Å². The lowest BCUT2D eigenvalue weighted by atomic mass is 10.1. The first kappa shape index (κ1) is 13.8. The number of hydrogen-bond donors (Lipinski definition) is 0. The van der Waals surface area contributed by atoms with Crippen LogP contribution in [-0.2, 0) is 11.3 Å². The van der Waals surface area contributed by atoms with Gasteiger partial charge in [-0.05, 0) is 37.5 Å². The summed E-state index contributed by atoms with van der Waals surface area (Å²) in [6, 6.07) is 4.00. The summed E-state index contributed by atoms with van der Waals surface area (Å²) in [6.07, 6.45) is 2.96. The van der Waals surface area contributed by atoms with Crippen molar-refractivity contribution in [2.24, 2.45) is 0 Å². The monoisotopic (exact) mass is 285 g/mol. The standard InChI is InChI=1S/C16H19N3O2/c1-10-6-11(2)15-13(7-10)16(21)19(9-17-15)8-12-4-5-14(20)18(12)3/h6-7,9,12H,4-5,8H2,1-3H3. The number of likely N-dealkylation sites (tertiary alicyclic amines) is 1. The summed E-state index contributed by atoms with van der Waals surface area (Å²) in [7, 11) is 1.80. The Morgan fingerprint density at radius 2 is 2.05 bits per heavy atom. The van der Waals surface area contributed by atoms with E-state index >= 15 is 0 Å². The molecule has 2 aromatic rings. The Morgan fingerprint density at radius 3 is 2.71 bits per heavy atom. The molecule has 1 atom stereocenters. The minimum Gasteiger partial charge on any atom is -0.341 e. The van der Waals surface area contributed by atoms with Crippen LogP contribution in [0.2, 0.25) is 0 Å². The molecule has 1 fully saturated rings. The largest absolute Gasteiger partial charge is 0.341 e. The minimum absolute atomic E-state index is 0.0282. The number of carbonyl (C=O) groups is 1. The van der Waals surface area contributed by atoms with E-state index < -0.39 is 0 Å². The van der Waals surface area contributed by atoms with Crippen molar-refractivity contribution in [3.63, 3.8) is 0 Å². The van der Waals surface area contributed by atoms with E-state index in [0.717, 1.165) is 23.1 Å². The number of benzene rings is 1. The Labute approximate surface area is 123 Å². The van der Waals surface area contributed by atoms with Crippen LogP contribution in [0, 0.1) is 13.8 Å². The zero-order valence-electron chi connectivity index (χ0n) is 12.6. The maximum atomic E-state index is 12.6. The minimum atomic E-state index is -0.0282. The summed E-state index contributed by atoms with van der Waals surface area (Å²) in [5.41, 5.74) is 2.81. The lowest BCUT2D eigenvalue weighted by molar-refractivity contribution is -0.127. The molecule has 1 saturated heterocycles. The second-order valence-corrected chi connectivity index (χ2v) is 5.88. The van der Waals surface area contributed by atoms with Gasteiger partial charge in [-0.1, -0.05) is 6.07 Å². The maximum absolute atomic E-state index is 12.6. The molecule has 5 nitrogen and oxygen atoms in total. The van der Waals surface area contributed by atoms with Crippen LogP contribution >= 0.6 is 0 Å². The molecule has 5 heteroatoms. The molecule has 0 bridgehead atoms. The highest BCUT2D eigenvalue weighted by Crippen LogP contribution is 2.19. The van der Waals surface area contributed by atoms with E-state index in [2.05, 4.69) is 4.98 Å². The molecule has 0 radical (unpaired) electrons. The van der Waals surface area contributed by atoms with E-state index in [-0.39, 0.29) is 17.5 Å². The number of carbonyl (C=O) groups excluding carboxylic acids is 1. The number of aryl methyl sites for hydroxylation is 2. The van der Waals surface area contributed by atoms with Gasteiger partial charge in [0.1, 0.15) is 0 Å². The molecule has 2 heterocycles. The van der Waals surface area contributed by atoms with Gasteiger partial charge in [-0.15, -0.1) is 0 Å². The molecule has 1 amide bonds. The lowest BCUT2D eigenvalue weighted by Gasteiger charge is -2.20. The summed E-state index contributed by atoms with van der Waals surface area (Å²) in [5.74, 6) is 0.147. The van der Waals surface area contributed by atoms with E-state index in [0.29, 0.717) is 18.4 Å². The van der Waals surface area contributed by atoms with E-state index in [9.17, 15) is 9.59 Å². The van der Waals surface area contributed by atoms with Crippen molar-refractivity contribution in [3.05, 3.63) is 39.9 Å². The number of hydrogen-bond acceptors (Lipinski definition) is 3. The van der Waals surface area contributed by atoms with Gasteiger partial charge in [0.15, 0.2) is 0 Å². The number of likely N-dealkylation sites (N-methyl/N-ethyl adjacent to an activating group) is 1. The second kappa shape index (κ2) is 4.98. The summed E-state index contributed by atoms with van der Waals surface area (Å²) < 4.78 is 1.63. The van der Waals surface area contributed by atoms with E-state index in [1.807, 2.05) is 26.0 Å². The molecule has 1 aromatic heterocycles. The first-order chi connectivity index (χ1) is 9.97. The molecule has 110 valence electrons. The van der Waals surface area contributed by atoms with Gasteiger partial charge >= 0.3 is 0 Å². The first-order valence-corrected chi connectivity index (χ1v) is 7.19.